The summed E-state index contributed by atoms with van der Waals surface area (Å²) in [6.07, 6.45) is 8.79. The van der Waals surface area contributed by atoms with E-state index in [2.05, 4.69) is 0 Å². The van der Waals surface area contributed by atoms with Crippen LogP contribution in [0, 0.1) is 11.8 Å². The van der Waals surface area contributed by atoms with Crippen molar-refractivity contribution in [2.45, 2.75) is 25.7 Å². The molecule has 11 heteroatoms. The van der Waals surface area contributed by atoms with Crippen LogP contribution in [0.4, 0.5) is 0 Å². The lowest BCUT2D eigenvalue weighted by Crippen LogP contribution is -2.37. The number of nitrogens with zero attached hydrogens (tertiary/aromatic N) is 2. The Hall–Kier alpha value is -1.30. The van der Waals surface area contributed by atoms with E-state index in [1.165, 1.54) is 21.1 Å². The third-order valence-electron chi connectivity index (χ3n) is 4.64. The number of carboxylic acid groups (broad SMARTS) is 1. The molecule has 27 heavy (non-hydrogen) atoms. The molecule has 2 aliphatic heterocycles. The molecule has 1 N–H and O–H groups in total. The monoisotopic (exact) mass is 424 g/mol. The molecule has 2 fully saturated rings. The van der Waals surface area contributed by atoms with Crippen molar-refractivity contribution in [2.75, 3.05) is 38.7 Å². The number of rotatable bonds is 5. The summed E-state index contributed by atoms with van der Waals surface area (Å²) in [5.74, 6) is -0.720. The Morgan fingerprint density at radius 1 is 0.852 bits per heavy atom. The molecule has 0 unspecified atom stereocenters. The highest BCUT2D eigenvalue weighted by atomic mass is 32.2. The first-order valence-electron chi connectivity index (χ1n) is 8.70. The predicted molar refractivity (Wildman–Crippen MR) is 101 cm³/mol. The molecule has 0 spiro atoms. The molecule has 2 rings (SSSR count). The summed E-state index contributed by atoms with van der Waals surface area (Å²) in [7, 11) is -6.13. The quantitative estimate of drug-likeness (QED) is 0.491. The lowest BCUT2D eigenvalue weighted by molar-refractivity contribution is -0.131. The first-order valence-corrected chi connectivity index (χ1v) is 12.4. The first kappa shape index (κ1) is 23.7. The van der Waals surface area contributed by atoms with Gasteiger partial charge in [-0.15, -0.1) is 0 Å². The summed E-state index contributed by atoms with van der Waals surface area (Å²) in [5.41, 5.74) is 0. The van der Waals surface area contributed by atoms with Crippen LogP contribution in [0.25, 0.3) is 0 Å². The number of sulfonamides is 2. The normalized spacial score (nSPS) is 21.6. The third kappa shape index (κ3) is 8.96. The van der Waals surface area contributed by atoms with Crippen molar-refractivity contribution in [2.24, 2.45) is 11.8 Å². The van der Waals surface area contributed by atoms with Crippen molar-refractivity contribution >= 4 is 32.3 Å². The van der Waals surface area contributed by atoms with Crippen LogP contribution < -0.4 is 0 Å². The van der Waals surface area contributed by atoms with E-state index < -0.39 is 26.0 Å². The summed E-state index contributed by atoms with van der Waals surface area (Å²) < 4.78 is 47.2. The van der Waals surface area contributed by atoms with E-state index in [4.69, 9.17) is 5.11 Å². The van der Waals surface area contributed by atoms with Crippen molar-refractivity contribution in [3.05, 3.63) is 12.2 Å². The molecular formula is C16H28N2O7S2. The molecule has 0 aromatic heterocycles. The van der Waals surface area contributed by atoms with Gasteiger partial charge in [0.05, 0.1) is 12.5 Å². The Balaban J connectivity index is 0.000000277. The lowest BCUT2D eigenvalue weighted by atomic mass is 9.98. The summed E-state index contributed by atoms with van der Waals surface area (Å²) >= 11 is 0. The maximum atomic E-state index is 11.2. The summed E-state index contributed by atoms with van der Waals surface area (Å²) in [6, 6.07) is 0. The minimum Gasteiger partial charge on any atom is -0.478 e. The third-order valence-corrected chi connectivity index (χ3v) is 7.24. The molecule has 0 amide bonds. The molecule has 0 atom stereocenters. The molecule has 0 aromatic carbocycles. The fourth-order valence-corrected chi connectivity index (χ4v) is 4.71. The average molecular weight is 425 g/mol. The van der Waals surface area contributed by atoms with Gasteiger partial charge in [0.15, 0.2) is 0 Å². The van der Waals surface area contributed by atoms with E-state index >= 15 is 0 Å². The van der Waals surface area contributed by atoms with E-state index in [1.807, 2.05) is 0 Å². The Morgan fingerprint density at radius 3 is 1.52 bits per heavy atom. The van der Waals surface area contributed by atoms with Crippen molar-refractivity contribution in [1.82, 2.24) is 8.61 Å². The van der Waals surface area contributed by atoms with Gasteiger partial charge in [-0.2, -0.15) is 0 Å². The smallest absolute Gasteiger partial charge is 0.327 e. The van der Waals surface area contributed by atoms with Gasteiger partial charge in [0.25, 0.3) is 0 Å². The van der Waals surface area contributed by atoms with Crippen LogP contribution in [0.2, 0.25) is 0 Å². The molecule has 2 aliphatic rings. The maximum Gasteiger partial charge on any atom is 0.327 e. The summed E-state index contributed by atoms with van der Waals surface area (Å²) in [5, 5.41) is 8.43. The Kier molecular flexibility index (Phi) is 9.06. The molecule has 156 valence electrons. The summed E-state index contributed by atoms with van der Waals surface area (Å²) in [6.45, 7) is 1.94. The van der Waals surface area contributed by atoms with Crippen molar-refractivity contribution in [3.63, 3.8) is 0 Å². The van der Waals surface area contributed by atoms with Crippen molar-refractivity contribution < 1.29 is 31.5 Å². The Morgan fingerprint density at radius 2 is 1.22 bits per heavy atom. The number of piperidine rings is 2. The summed E-state index contributed by atoms with van der Waals surface area (Å²) in [4.78, 5) is 20.6. The molecule has 0 saturated carbocycles. The van der Waals surface area contributed by atoms with Gasteiger partial charge in [-0.25, -0.2) is 30.2 Å². The minimum atomic E-state index is -3.09. The molecule has 0 aromatic rings. The zero-order valence-corrected chi connectivity index (χ0v) is 17.3. The van der Waals surface area contributed by atoms with Gasteiger partial charge in [-0.3, -0.25) is 0 Å². The highest BCUT2D eigenvalue weighted by Crippen LogP contribution is 2.20. The number of allylic oxidation sites excluding steroid dienone is 1. The number of aldehydes is 1. The van der Waals surface area contributed by atoms with Gasteiger partial charge in [0, 0.05) is 38.2 Å². The van der Waals surface area contributed by atoms with Crippen LogP contribution in [-0.2, 0) is 29.6 Å². The van der Waals surface area contributed by atoms with E-state index in [0.717, 1.165) is 12.4 Å². The molecular weight excluding hydrogens is 396 g/mol. The van der Waals surface area contributed by atoms with Crippen LogP contribution in [0.5, 0.6) is 0 Å². The van der Waals surface area contributed by atoms with Gasteiger partial charge in [-0.05, 0) is 31.6 Å². The number of carbonyl (C=O) groups excluding carboxylic acids is 1. The van der Waals surface area contributed by atoms with E-state index in [1.54, 1.807) is 6.08 Å². The van der Waals surface area contributed by atoms with Crippen LogP contribution in [0.3, 0.4) is 0 Å². The lowest BCUT2D eigenvalue weighted by Gasteiger charge is -2.28. The molecule has 9 nitrogen and oxygen atoms in total. The number of hydrogen-bond donors (Lipinski definition) is 1. The SMILES string of the molecule is CS(=O)(=O)N1CCC(C=CC(=O)O)CC1.CS(=O)(=O)N1CCC(C=O)CC1. The van der Waals surface area contributed by atoms with Crippen molar-refractivity contribution in [1.29, 1.82) is 0 Å². The highest BCUT2D eigenvalue weighted by molar-refractivity contribution is 7.88. The first-order chi connectivity index (χ1) is 12.4. The molecule has 2 saturated heterocycles. The van der Waals surface area contributed by atoms with Crippen LogP contribution in [-0.4, -0.2) is 81.5 Å². The Bertz CT molecular complexity index is 731. The van der Waals surface area contributed by atoms with Gasteiger partial charge in [0.2, 0.25) is 20.0 Å². The van der Waals surface area contributed by atoms with Crippen molar-refractivity contribution in [3.8, 4) is 0 Å². The van der Waals surface area contributed by atoms with Gasteiger partial charge in [0.1, 0.15) is 6.29 Å². The maximum absolute atomic E-state index is 11.2. The van der Waals surface area contributed by atoms with Gasteiger partial charge in [-0.1, -0.05) is 6.08 Å². The van der Waals surface area contributed by atoms with E-state index in [0.29, 0.717) is 51.9 Å². The average Bonchev–Trinajstić information content (AvgIpc) is 2.59. The van der Waals surface area contributed by atoms with Crippen LogP contribution in [0.15, 0.2) is 12.2 Å². The zero-order chi connectivity index (χ0) is 20.7. The van der Waals surface area contributed by atoms with Gasteiger partial charge >= 0.3 is 5.97 Å². The van der Waals surface area contributed by atoms with E-state index in [-0.39, 0.29) is 11.8 Å². The number of carboxylic acids is 1. The molecule has 0 aliphatic carbocycles. The Labute approximate surface area is 161 Å². The topological polar surface area (TPSA) is 129 Å². The number of carbonyl (C=O) groups is 2. The molecule has 0 radical (unpaired) electrons. The number of hydrogen-bond acceptors (Lipinski definition) is 6. The van der Waals surface area contributed by atoms with Gasteiger partial charge < -0.3 is 9.90 Å². The van der Waals surface area contributed by atoms with Crippen LogP contribution in [0.1, 0.15) is 25.7 Å². The van der Waals surface area contributed by atoms with Crippen LogP contribution >= 0.6 is 0 Å². The molecule has 0 bridgehead atoms. The largest absolute Gasteiger partial charge is 0.478 e. The second-order valence-corrected chi connectivity index (χ2v) is 10.8. The fourth-order valence-electron chi connectivity index (χ4n) is 2.96. The second kappa shape index (κ2) is 10.3. The molecule has 2 heterocycles. The highest BCUT2D eigenvalue weighted by Gasteiger charge is 2.24. The number of aliphatic carboxylic acids is 1. The second-order valence-electron chi connectivity index (χ2n) is 6.83. The minimum absolute atomic E-state index is 0.0583. The van der Waals surface area contributed by atoms with E-state index in [9.17, 15) is 26.4 Å². The zero-order valence-electron chi connectivity index (χ0n) is 15.7. The fraction of sp³-hybridized carbons (Fsp3) is 0.750. The predicted octanol–water partition coefficient (Wildman–Crippen LogP) is 0.156. The standard InChI is InChI=1S/C9H15NO4S.C7H13NO3S/c1-15(13,14)10-6-4-8(5-7-10)2-3-9(11)12;1-12(10,11)8-4-2-7(6-9)3-5-8/h2-3,8H,4-7H2,1H3,(H,11,12);6-7H,2-5H2,1H3.